The normalized spacial score (nSPS) is 10.3. The first-order chi connectivity index (χ1) is 21.0. The molecule has 0 rings (SSSR count). The van der Waals surface area contributed by atoms with Crippen molar-refractivity contribution in [2.75, 3.05) is 6.61 Å². The van der Waals surface area contributed by atoms with Crippen LogP contribution in [0.1, 0.15) is 226 Å². The van der Waals surface area contributed by atoms with Crippen LogP contribution >= 0.6 is 0 Å². The summed E-state index contributed by atoms with van der Waals surface area (Å²) in [6.07, 6.45) is 39.7. The van der Waals surface area contributed by atoms with Crippen LogP contribution in [0.15, 0.2) is 0 Å². The molecule has 0 spiro atoms. The fourth-order valence-corrected chi connectivity index (χ4v) is 5.28. The molecule has 5 nitrogen and oxygen atoms in total. The van der Waals surface area contributed by atoms with E-state index in [0.717, 1.165) is 25.7 Å². The van der Waals surface area contributed by atoms with Crippen molar-refractivity contribution in [3.63, 3.8) is 0 Å². The van der Waals surface area contributed by atoms with Crippen molar-refractivity contribution in [3.8, 4) is 0 Å². The second kappa shape index (κ2) is 49.3. The van der Waals surface area contributed by atoms with Gasteiger partial charge >= 0.3 is 17.4 Å². The third-order valence-electron chi connectivity index (χ3n) is 7.97. The predicted molar refractivity (Wildman–Crippen MR) is 185 cm³/mol. The number of carboxylic acids is 2. The molecule has 0 radical (unpaired) electrons. The molecule has 0 aromatic rings. The van der Waals surface area contributed by atoms with Gasteiger partial charge in [-0.1, -0.05) is 201 Å². The molecule has 0 unspecified atom stereocenters. The van der Waals surface area contributed by atoms with E-state index in [1.54, 1.807) is 6.92 Å². The number of hydrogen-bond acceptors (Lipinski definition) is 5. The van der Waals surface area contributed by atoms with Gasteiger partial charge in [-0.25, -0.2) is 0 Å². The van der Waals surface area contributed by atoms with E-state index in [2.05, 4.69) is 13.8 Å². The number of hydrogen-bond donors (Lipinski definition) is 0. The van der Waals surface area contributed by atoms with Crippen LogP contribution in [0.25, 0.3) is 0 Å². The van der Waals surface area contributed by atoms with Crippen molar-refractivity contribution < 1.29 is 24.9 Å². The summed E-state index contributed by atoms with van der Waals surface area (Å²) in [5.41, 5.74) is 0. The van der Waals surface area contributed by atoms with Crippen molar-refractivity contribution in [1.82, 2.24) is 0 Å². The molecule has 0 aliphatic rings. The number of unbranched alkanes of at least 4 members (excludes halogenated alkanes) is 28. The van der Waals surface area contributed by atoms with Crippen molar-refractivity contribution >= 4 is 29.3 Å². The van der Waals surface area contributed by atoms with Crippen molar-refractivity contribution in [1.29, 1.82) is 0 Å². The number of rotatable bonds is 32. The zero-order valence-corrected chi connectivity index (χ0v) is 31.1. The average Bonchev–Trinajstić information content (AvgIpc) is 2.97. The fraction of sp³-hybridized carbons (Fsp3) is 0.947. The van der Waals surface area contributed by atoms with Crippen LogP contribution in [-0.2, 0) is 9.59 Å². The molecule has 0 amide bonds. The van der Waals surface area contributed by atoms with Crippen LogP contribution in [0.2, 0.25) is 0 Å². The van der Waals surface area contributed by atoms with Crippen LogP contribution in [0.5, 0.6) is 0 Å². The fourth-order valence-electron chi connectivity index (χ4n) is 5.28. The Balaban J connectivity index is -0.000000326. The number of carboxylic acid groups (broad SMARTS) is 2. The van der Waals surface area contributed by atoms with Gasteiger partial charge in [0, 0.05) is 11.9 Å². The molecule has 0 aromatic heterocycles. The first-order valence-electron chi connectivity index (χ1n) is 18.9. The van der Waals surface area contributed by atoms with E-state index in [9.17, 15) is 19.8 Å². The van der Waals surface area contributed by atoms with Gasteiger partial charge < -0.3 is 24.9 Å². The van der Waals surface area contributed by atoms with E-state index in [0.29, 0.717) is 0 Å². The molecule has 6 heteroatoms. The SMILES string of the molecule is CCCCCCCCCCCCCCCCCC(=O)[O-].CCCCCCCCCCCCCCCCCC(=O)[O-].CC[O-].[Al+3]. The first-order valence-corrected chi connectivity index (χ1v) is 18.9. The molecule has 44 heavy (non-hydrogen) atoms. The Kier molecular flexibility index (Phi) is 56.4. The molecule has 0 aliphatic carbocycles. The second-order valence-electron chi connectivity index (χ2n) is 12.4. The Bertz CT molecular complexity index is 471. The molecular weight excluding hydrogens is 563 g/mol. The van der Waals surface area contributed by atoms with E-state index in [1.807, 2.05) is 0 Å². The maximum absolute atomic E-state index is 10.2. The van der Waals surface area contributed by atoms with Crippen molar-refractivity contribution in [3.05, 3.63) is 0 Å². The second-order valence-corrected chi connectivity index (χ2v) is 12.4. The largest absolute Gasteiger partial charge is 3.00 e. The number of aliphatic carboxylic acids is 2. The quantitative estimate of drug-likeness (QED) is 0.0540. The third kappa shape index (κ3) is 60.6. The van der Waals surface area contributed by atoms with Gasteiger partial charge in [0.1, 0.15) is 0 Å². The number of carbonyl (C=O) groups is 2. The third-order valence-corrected chi connectivity index (χ3v) is 7.97. The van der Waals surface area contributed by atoms with Crippen LogP contribution in [-0.4, -0.2) is 35.9 Å². The minimum absolute atomic E-state index is 0. The molecule has 0 fully saturated rings. The Labute approximate surface area is 286 Å². The van der Waals surface area contributed by atoms with E-state index in [1.165, 1.54) is 167 Å². The molecule has 0 saturated heterocycles. The summed E-state index contributed by atoms with van der Waals surface area (Å²) in [7, 11) is 0. The summed E-state index contributed by atoms with van der Waals surface area (Å²) in [5, 5.41) is 29.4. The van der Waals surface area contributed by atoms with E-state index < -0.39 is 11.9 Å². The van der Waals surface area contributed by atoms with Gasteiger partial charge in [-0.15, -0.1) is 6.61 Å². The summed E-state index contributed by atoms with van der Waals surface area (Å²) in [6.45, 7) is 6.10. The molecule has 0 saturated carbocycles. The van der Waals surface area contributed by atoms with Crippen molar-refractivity contribution in [2.45, 2.75) is 226 Å². The molecule has 0 N–H and O–H groups in total. The maximum atomic E-state index is 10.2. The monoisotopic (exact) mass is 639 g/mol. The van der Waals surface area contributed by atoms with E-state index in [4.69, 9.17) is 5.11 Å². The summed E-state index contributed by atoms with van der Waals surface area (Å²) >= 11 is 0. The average molecular weight is 639 g/mol. The van der Waals surface area contributed by atoms with Gasteiger partial charge in [0.05, 0.1) is 0 Å². The molecule has 0 aromatic carbocycles. The van der Waals surface area contributed by atoms with Crippen LogP contribution < -0.4 is 15.3 Å². The van der Waals surface area contributed by atoms with Crippen molar-refractivity contribution in [2.24, 2.45) is 0 Å². The van der Waals surface area contributed by atoms with Gasteiger partial charge in [0.25, 0.3) is 0 Å². The zero-order valence-electron chi connectivity index (χ0n) is 30.0. The molecule has 0 bridgehead atoms. The molecular formula is C38H75AlO5. The van der Waals surface area contributed by atoms with Gasteiger partial charge in [-0.05, 0) is 25.7 Å². The van der Waals surface area contributed by atoms with Gasteiger partial charge in [0.2, 0.25) is 0 Å². The van der Waals surface area contributed by atoms with Crippen LogP contribution in [0.3, 0.4) is 0 Å². The smallest absolute Gasteiger partial charge is 0.855 e. The Hall–Kier alpha value is -0.568. The molecule has 0 atom stereocenters. The minimum atomic E-state index is -0.903. The summed E-state index contributed by atoms with van der Waals surface area (Å²) in [5.74, 6) is -1.81. The molecule has 0 aliphatic heterocycles. The maximum Gasteiger partial charge on any atom is 3.00 e. The number of carbonyl (C=O) groups excluding carboxylic acids is 2. The Morgan fingerprint density at radius 2 is 0.477 bits per heavy atom. The van der Waals surface area contributed by atoms with Crippen LogP contribution in [0, 0.1) is 0 Å². The summed E-state index contributed by atoms with van der Waals surface area (Å²) in [4.78, 5) is 20.4. The molecule has 0 heterocycles. The van der Waals surface area contributed by atoms with E-state index >= 15 is 0 Å². The standard InChI is InChI=1S/2C18H36O2.C2H5O.Al/c2*1-2-3-4-5-6-7-8-9-10-11-12-13-14-15-16-17-18(19)20;1-2-3;/h2*2-17H2,1H3,(H,19,20);2H2,1H3;/q;;-1;+3/p-2. The predicted octanol–water partition coefficient (Wildman–Crippen LogP) is 8.98. The Morgan fingerprint density at radius 3 is 0.614 bits per heavy atom. The summed E-state index contributed by atoms with van der Waals surface area (Å²) in [6, 6.07) is 0. The van der Waals surface area contributed by atoms with Gasteiger partial charge in [-0.3, -0.25) is 0 Å². The summed E-state index contributed by atoms with van der Waals surface area (Å²) < 4.78 is 0. The molecule has 260 valence electrons. The first kappa shape index (κ1) is 50.3. The van der Waals surface area contributed by atoms with Crippen LogP contribution in [0.4, 0.5) is 0 Å². The van der Waals surface area contributed by atoms with Gasteiger partial charge in [0.15, 0.2) is 0 Å². The van der Waals surface area contributed by atoms with Gasteiger partial charge in [-0.2, -0.15) is 0 Å². The topological polar surface area (TPSA) is 103 Å². The van der Waals surface area contributed by atoms with E-state index in [-0.39, 0.29) is 36.8 Å². The Morgan fingerprint density at radius 1 is 0.341 bits per heavy atom. The zero-order chi connectivity index (χ0) is 32.5. The minimum Gasteiger partial charge on any atom is -0.855 e.